The third-order valence-corrected chi connectivity index (χ3v) is 9.61. The molecule has 1 amide bonds. The number of aromatic hydroxyl groups is 1. The van der Waals surface area contributed by atoms with Crippen molar-refractivity contribution in [2.75, 3.05) is 51.3 Å². The third-order valence-electron chi connectivity index (χ3n) is 9.31. The number of aromatic nitrogens is 2. The standard InChI is InChI=1S/C33H33ClFN5O3/c1-3-27(42)40-18-33(19-40)10-12-39(17-33)31-25-15-26(34)28(24-14-22(41)13-20-7-4-5-9-23(20)24)29(35)30(25)36-32(37-31)43-16-21-8-6-11-38(21)2/h3-5,7,9,13-15,21,41H,1,6,8,10-12,16-19H2,2H3/t21-/m0/s1. The Hall–Kier alpha value is -3.95. The number of rotatable bonds is 6. The van der Waals surface area contributed by atoms with Gasteiger partial charge in [0.25, 0.3) is 0 Å². The van der Waals surface area contributed by atoms with Crippen LogP contribution < -0.4 is 9.64 Å². The lowest BCUT2D eigenvalue weighted by molar-refractivity contribution is -0.136. The average molecular weight is 602 g/mol. The van der Waals surface area contributed by atoms with E-state index in [1.54, 1.807) is 17.0 Å². The van der Waals surface area contributed by atoms with Crippen molar-refractivity contribution in [1.82, 2.24) is 19.8 Å². The molecule has 1 atom stereocenters. The number of likely N-dealkylation sites (tertiary alicyclic amines) is 2. The molecule has 4 heterocycles. The van der Waals surface area contributed by atoms with Crippen LogP contribution in [0.15, 0.2) is 55.1 Å². The monoisotopic (exact) mass is 601 g/mol. The number of hydrogen-bond acceptors (Lipinski definition) is 7. The minimum atomic E-state index is -0.593. The van der Waals surface area contributed by atoms with Crippen LogP contribution in [0.2, 0.25) is 5.02 Å². The summed E-state index contributed by atoms with van der Waals surface area (Å²) in [6.07, 6.45) is 4.35. The van der Waals surface area contributed by atoms with E-state index in [9.17, 15) is 9.90 Å². The topological polar surface area (TPSA) is 82.0 Å². The normalized spacial score (nSPS) is 19.8. The minimum Gasteiger partial charge on any atom is -0.508 e. The molecule has 1 aromatic heterocycles. The lowest BCUT2D eigenvalue weighted by atomic mass is 9.79. The predicted octanol–water partition coefficient (Wildman–Crippen LogP) is 5.65. The summed E-state index contributed by atoms with van der Waals surface area (Å²) in [5.41, 5.74) is 0.719. The molecule has 7 rings (SSSR count). The fourth-order valence-corrected chi connectivity index (χ4v) is 7.29. The molecule has 3 aliphatic heterocycles. The summed E-state index contributed by atoms with van der Waals surface area (Å²) >= 11 is 6.86. The van der Waals surface area contributed by atoms with E-state index in [1.165, 1.54) is 12.1 Å². The fraction of sp³-hybridized carbons (Fsp3) is 0.364. The maximum absolute atomic E-state index is 16.7. The van der Waals surface area contributed by atoms with Crippen molar-refractivity contribution in [3.05, 3.63) is 66.0 Å². The van der Waals surface area contributed by atoms with Gasteiger partial charge >= 0.3 is 6.01 Å². The van der Waals surface area contributed by atoms with Crippen molar-refractivity contribution in [2.45, 2.75) is 25.3 Å². The maximum Gasteiger partial charge on any atom is 0.319 e. The number of anilines is 1. The van der Waals surface area contributed by atoms with E-state index in [-0.39, 0.29) is 45.2 Å². The maximum atomic E-state index is 16.7. The summed E-state index contributed by atoms with van der Waals surface area (Å²) in [6, 6.07) is 12.7. The molecule has 0 bridgehead atoms. The third kappa shape index (κ3) is 4.84. The number of fused-ring (bicyclic) bond motifs is 2. The van der Waals surface area contributed by atoms with Crippen molar-refractivity contribution in [3.63, 3.8) is 0 Å². The number of likely N-dealkylation sites (N-methyl/N-ethyl adjacent to an activating group) is 1. The number of carbonyl (C=O) groups excluding carboxylic acids is 1. The number of amides is 1. The molecule has 3 fully saturated rings. The van der Waals surface area contributed by atoms with Crippen molar-refractivity contribution in [2.24, 2.45) is 5.41 Å². The lowest BCUT2D eigenvalue weighted by Crippen LogP contribution is -2.59. The highest BCUT2D eigenvalue weighted by atomic mass is 35.5. The van der Waals surface area contributed by atoms with Crippen molar-refractivity contribution in [1.29, 1.82) is 0 Å². The molecule has 0 saturated carbocycles. The van der Waals surface area contributed by atoms with E-state index in [4.69, 9.17) is 21.3 Å². The minimum absolute atomic E-state index is 0.0178. The van der Waals surface area contributed by atoms with Gasteiger partial charge in [-0.3, -0.25) is 4.79 Å². The van der Waals surface area contributed by atoms with Gasteiger partial charge in [-0.1, -0.05) is 42.4 Å². The van der Waals surface area contributed by atoms with Gasteiger partial charge < -0.3 is 24.5 Å². The van der Waals surface area contributed by atoms with Gasteiger partial charge in [-0.25, -0.2) is 4.39 Å². The smallest absolute Gasteiger partial charge is 0.319 e. The van der Waals surface area contributed by atoms with Crippen molar-refractivity contribution >= 4 is 45.0 Å². The van der Waals surface area contributed by atoms with E-state index in [1.807, 2.05) is 24.3 Å². The Morgan fingerprint density at radius 3 is 2.77 bits per heavy atom. The summed E-state index contributed by atoms with van der Waals surface area (Å²) in [7, 11) is 2.07. The van der Waals surface area contributed by atoms with E-state index in [0.717, 1.165) is 36.6 Å². The van der Waals surface area contributed by atoms with Crippen LogP contribution in [-0.4, -0.2) is 83.2 Å². The van der Waals surface area contributed by atoms with Crippen LogP contribution in [0.4, 0.5) is 10.2 Å². The van der Waals surface area contributed by atoms with E-state index >= 15 is 4.39 Å². The zero-order valence-electron chi connectivity index (χ0n) is 24.0. The van der Waals surface area contributed by atoms with Crippen LogP contribution >= 0.6 is 11.6 Å². The molecule has 4 aromatic rings. The van der Waals surface area contributed by atoms with Crippen LogP contribution in [0.5, 0.6) is 11.8 Å². The second-order valence-electron chi connectivity index (χ2n) is 12.1. The molecular weight excluding hydrogens is 569 g/mol. The summed E-state index contributed by atoms with van der Waals surface area (Å²) in [5.74, 6) is -0.0718. The van der Waals surface area contributed by atoms with Gasteiger partial charge in [-0.2, -0.15) is 9.97 Å². The van der Waals surface area contributed by atoms with Crippen molar-refractivity contribution in [3.8, 4) is 22.9 Å². The van der Waals surface area contributed by atoms with Gasteiger partial charge in [0.05, 0.1) is 5.02 Å². The summed E-state index contributed by atoms with van der Waals surface area (Å²) < 4.78 is 22.9. The highest BCUT2D eigenvalue weighted by Gasteiger charge is 2.49. The molecule has 0 radical (unpaired) electrons. The number of benzene rings is 3. The number of nitrogens with zero attached hydrogens (tertiary/aromatic N) is 5. The first-order valence-corrected chi connectivity index (χ1v) is 15.0. The number of carbonyl (C=O) groups is 1. The Bertz CT molecular complexity index is 1780. The SMILES string of the molecule is C=CC(=O)N1CC2(CCN(c3nc(OC[C@@H]4CCCN4C)nc4c(F)c(-c5cc(O)cc6ccccc56)c(Cl)cc34)C2)C1. The summed E-state index contributed by atoms with van der Waals surface area (Å²) in [4.78, 5) is 27.7. The molecule has 3 aromatic carbocycles. The Morgan fingerprint density at radius 2 is 2.00 bits per heavy atom. The Kier molecular flexibility index (Phi) is 6.90. The lowest BCUT2D eigenvalue weighted by Gasteiger charge is -2.47. The molecule has 8 nitrogen and oxygen atoms in total. The van der Waals surface area contributed by atoms with Gasteiger partial charge in [0.1, 0.15) is 23.7 Å². The van der Waals surface area contributed by atoms with Gasteiger partial charge in [-0.05, 0) is 73.5 Å². The highest BCUT2D eigenvalue weighted by molar-refractivity contribution is 6.35. The van der Waals surface area contributed by atoms with E-state index < -0.39 is 5.82 Å². The second-order valence-corrected chi connectivity index (χ2v) is 12.6. The van der Waals surface area contributed by atoms with E-state index in [0.29, 0.717) is 49.6 Å². The molecule has 222 valence electrons. The number of phenols is 1. The van der Waals surface area contributed by atoms with Crippen LogP contribution in [0.25, 0.3) is 32.8 Å². The molecule has 3 saturated heterocycles. The fourth-order valence-electron chi connectivity index (χ4n) is 7.00. The summed E-state index contributed by atoms with van der Waals surface area (Å²) in [5, 5.41) is 12.7. The van der Waals surface area contributed by atoms with E-state index in [2.05, 4.69) is 28.4 Å². The first-order valence-electron chi connectivity index (χ1n) is 14.7. The number of ether oxygens (including phenoxy) is 1. The molecular formula is C33H33ClFN5O3. The van der Waals surface area contributed by atoms with Crippen LogP contribution in [-0.2, 0) is 4.79 Å². The zero-order valence-corrected chi connectivity index (χ0v) is 24.8. The quantitative estimate of drug-likeness (QED) is 0.286. The van der Waals surface area contributed by atoms with Crippen LogP contribution in [0.3, 0.4) is 0 Å². The second kappa shape index (κ2) is 10.6. The van der Waals surface area contributed by atoms with Gasteiger partial charge in [0.15, 0.2) is 5.82 Å². The average Bonchev–Trinajstić information content (AvgIpc) is 3.61. The first-order chi connectivity index (χ1) is 20.7. The molecule has 43 heavy (non-hydrogen) atoms. The number of halogens is 2. The molecule has 3 aliphatic rings. The Labute approximate surface area is 254 Å². The van der Waals surface area contributed by atoms with Gasteiger partial charge in [0, 0.05) is 48.6 Å². The molecule has 1 spiro atoms. The molecule has 0 aliphatic carbocycles. The number of phenolic OH excluding ortho intramolecular Hbond substituents is 1. The molecule has 1 N–H and O–H groups in total. The van der Waals surface area contributed by atoms with Gasteiger partial charge in [-0.15, -0.1) is 0 Å². The number of hydrogen-bond donors (Lipinski definition) is 1. The Morgan fingerprint density at radius 1 is 1.19 bits per heavy atom. The molecule has 0 unspecified atom stereocenters. The highest BCUT2D eigenvalue weighted by Crippen LogP contribution is 2.45. The largest absolute Gasteiger partial charge is 0.508 e. The van der Waals surface area contributed by atoms with Gasteiger partial charge in [0.2, 0.25) is 5.91 Å². The first kappa shape index (κ1) is 27.9. The van der Waals surface area contributed by atoms with Crippen molar-refractivity contribution < 1.29 is 19.0 Å². The zero-order chi connectivity index (χ0) is 29.9. The Balaban J connectivity index is 1.32. The summed E-state index contributed by atoms with van der Waals surface area (Å²) in [6.45, 7) is 7.69. The van der Waals surface area contributed by atoms with Crippen LogP contribution in [0.1, 0.15) is 19.3 Å². The van der Waals surface area contributed by atoms with Crippen LogP contribution in [0, 0.1) is 11.2 Å². The predicted molar refractivity (Wildman–Crippen MR) is 166 cm³/mol. The molecule has 10 heteroatoms.